The van der Waals surface area contributed by atoms with Crippen molar-refractivity contribution in [3.8, 4) is 11.4 Å². The lowest BCUT2D eigenvalue weighted by atomic mass is 10.1. The molecule has 88 valence electrons. The maximum Gasteiger partial charge on any atom is 0.163 e. The molecule has 4 heteroatoms. The van der Waals surface area contributed by atoms with Gasteiger partial charge < -0.3 is 5.32 Å². The van der Waals surface area contributed by atoms with E-state index in [1.807, 2.05) is 25.2 Å². The van der Waals surface area contributed by atoms with Crippen LogP contribution in [0.15, 0.2) is 30.6 Å². The molecule has 0 saturated heterocycles. The molecule has 0 spiro atoms. The summed E-state index contributed by atoms with van der Waals surface area (Å²) < 4.78 is 0. The van der Waals surface area contributed by atoms with Crippen LogP contribution in [0, 0.1) is 0 Å². The highest BCUT2D eigenvalue weighted by Gasteiger charge is 2.08. The largest absolute Gasteiger partial charge is 0.373 e. The Morgan fingerprint density at radius 2 is 2.06 bits per heavy atom. The summed E-state index contributed by atoms with van der Waals surface area (Å²) in [7, 11) is 1.86. The molecule has 0 aliphatic carbocycles. The summed E-state index contributed by atoms with van der Waals surface area (Å²) in [6.07, 6.45) is 3.52. The molecule has 0 atom stereocenters. The van der Waals surface area contributed by atoms with E-state index in [-0.39, 0.29) is 0 Å². The summed E-state index contributed by atoms with van der Waals surface area (Å²) in [5.74, 6) is 1.93. The maximum atomic E-state index is 4.56. The Morgan fingerprint density at radius 1 is 1.24 bits per heavy atom. The molecule has 2 heterocycles. The number of hydrogen-bond acceptors (Lipinski definition) is 4. The lowest BCUT2D eigenvalue weighted by molar-refractivity contribution is 0.817. The first kappa shape index (κ1) is 11.5. The summed E-state index contributed by atoms with van der Waals surface area (Å²) in [5.41, 5.74) is 1.97. The van der Waals surface area contributed by atoms with E-state index in [1.54, 1.807) is 12.4 Å². The Kier molecular flexibility index (Phi) is 3.32. The number of anilines is 1. The van der Waals surface area contributed by atoms with Gasteiger partial charge in [-0.05, 0) is 18.1 Å². The van der Waals surface area contributed by atoms with Crippen LogP contribution in [0.4, 0.5) is 5.82 Å². The van der Waals surface area contributed by atoms with Crippen molar-refractivity contribution in [3.63, 3.8) is 0 Å². The van der Waals surface area contributed by atoms with Crippen molar-refractivity contribution >= 4 is 5.82 Å². The summed E-state index contributed by atoms with van der Waals surface area (Å²) in [6.45, 7) is 4.24. The Balaban J connectivity index is 2.50. The molecule has 1 N–H and O–H groups in total. The summed E-state index contributed by atoms with van der Waals surface area (Å²) in [6, 6.07) is 5.83. The van der Waals surface area contributed by atoms with Gasteiger partial charge in [-0.2, -0.15) is 0 Å². The fourth-order valence-corrected chi connectivity index (χ4v) is 1.51. The van der Waals surface area contributed by atoms with Crippen LogP contribution in [-0.4, -0.2) is 22.0 Å². The quantitative estimate of drug-likeness (QED) is 0.877. The molecule has 0 bridgehead atoms. The molecule has 0 aromatic carbocycles. The minimum Gasteiger partial charge on any atom is -0.373 e. The molecule has 0 amide bonds. The third kappa shape index (κ3) is 2.58. The molecule has 17 heavy (non-hydrogen) atoms. The predicted octanol–water partition coefficient (Wildman–Crippen LogP) is 2.70. The second-order valence-corrected chi connectivity index (χ2v) is 4.15. The first-order valence-corrected chi connectivity index (χ1v) is 5.68. The molecule has 0 aliphatic heterocycles. The van der Waals surface area contributed by atoms with Gasteiger partial charge in [-0.1, -0.05) is 13.8 Å². The van der Waals surface area contributed by atoms with Gasteiger partial charge in [-0.25, -0.2) is 9.97 Å². The zero-order valence-electron chi connectivity index (χ0n) is 10.3. The number of pyridine rings is 1. The van der Waals surface area contributed by atoms with Gasteiger partial charge in [-0.3, -0.25) is 4.98 Å². The van der Waals surface area contributed by atoms with E-state index in [4.69, 9.17) is 0 Å². The predicted molar refractivity (Wildman–Crippen MR) is 68.9 cm³/mol. The summed E-state index contributed by atoms with van der Waals surface area (Å²) in [5, 5.41) is 3.06. The van der Waals surface area contributed by atoms with Gasteiger partial charge in [0.1, 0.15) is 5.82 Å². The minimum absolute atomic E-state index is 0.375. The first-order valence-electron chi connectivity index (χ1n) is 5.68. The average Bonchev–Trinajstić information content (AvgIpc) is 2.39. The highest BCUT2D eigenvalue weighted by atomic mass is 15.0. The van der Waals surface area contributed by atoms with E-state index in [1.165, 1.54) is 0 Å². The topological polar surface area (TPSA) is 50.7 Å². The summed E-state index contributed by atoms with van der Waals surface area (Å²) in [4.78, 5) is 13.1. The number of nitrogens with one attached hydrogen (secondary N) is 1. The second-order valence-electron chi connectivity index (χ2n) is 4.15. The van der Waals surface area contributed by atoms with E-state index < -0.39 is 0 Å². The Hall–Kier alpha value is -1.97. The van der Waals surface area contributed by atoms with Gasteiger partial charge in [0.05, 0.1) is 0 Å². The zero-order valence-corrected chi connectivity index (χ0v) is 10.3. The van der Waals surface area contributed by atoms with E-state index in [0.717, 1.165) is 17.1 Å². The minimum atomic E-state index is 0.375. The molecule has 4 nitrogen and oxygen atoms in total. The average molecular weight is 228 g/mol. The van der Waals surface area contributed by atoms with Crippen LogP contribution in [0.1, 0.15) is 25.5 Å². The Morgan fingerprint density at radius 3 is 2.65 bits per heavy atom. The number of rotatable bonds is 3. The van der Waals surface area contributed by atoms with Gasteiger partial charge in [0.2, 0.25) is 0 Å². The fourth-order valence-electron chi connectivity index (χ4n) is 1.51. The van der Waals surface area contributed by atoms with E-state index >= 15 is 0 Å². The van der Waals surface area contributed by atoms with Gasteiger partial charge in [0.25, 0.3) is 0 Å². The summed E-state index contributed by atoms with van der Waals surface area (Å²) >= 11 is 0. The van der Waals surface area contributed by atoms with Crippen molar-refractivity contribution < 1.29 is 0 Å². The number of nitrogens with zero attached hydrogens (tertiary/aromatic N) is 3. The van der Waals surface area contributed by atoms with Gasteiger partial charge in [0, 0.05) is 36.8 Å². The SMILES string of the molecule is CNc1cc(C(C)C)nc(-c2cccnc2)n1. The molecule has 2 rings (SSSR count). The molecule has 2 aromatic heterocycles. The smallest absolute Gasteiger partial charge is 0.163 e. The van der Waals surface area contributed by atoms with Crippen LogP contribution in [-0.2, 0) is 0 Å². The molecule has 0 fully saturated rings. The van der Waals surface area contributed by atoms with Crippen LogP contribution in [0.3, 0.4) is 0 Å². The molecular formula is C13H16N4. The lowest BCUT2D eigenvalue weighted by Crippen LogP contribution is -2.02. The Labute approximate surface area is 101 Å². The van der Waals surface area contributed by atoms with Crippen molar-refractivity contribution in [1.82, 2.24) is 15.0 Å². The zero-order chi connectivity index (χ0) is 12.3. The first-order chi connectivity index (χ1) is 8.20. The van der Waals surface area contributed by atoms with Crippen molar-refractivity contribution in [1.29, 1.82) is 0 Å². The van der Waals surface area contributed by atoms with E-state index in [9.17, 15) is 0 Å². The van der Waals surface area contributed by atoms with Crippen molar-refractivity contribution in [2.75, 3.05) is 12.4 Å². The third-order valence-corrected chi connectivity index (χ3v) is 2.51. The molecule has 2 aromatic rings. The molecule has 0 saturated carbocycles. The Bertz CT molecular complexity index is 494. The normalized spacial score (nSPS) is 10.6. The standard InChI is InChI=1S/C13H16N4/c1-9(2)11-7-12(14-3)17-13(16-11)10-5-4-6-15-8-10/h4-9H,1-3H3,(H,14,16,17). The number of aromatic nitrogens is 3. The maximum absolute atomic E-state index is 4.56. The lowest BCUT2D eigenvalue weighted by Gasteiger charge is -2.09. The van der Waals surface area contributed by atoms with E-state index in [2.05, 4.69) is 34.1 Å². The molecular weight excluding hydrogens is 212 g/mol. The van der Waals surface area contributed by atoms with Gasteiger partial charge in [0.15, 0.2) is 5.82 Å². The van der Waals surface area contributed by atoms with Gasteiger partial charge >= 0.3 is 0 Å². The second kappa shape index (κ2) is 4.91. The third-order valence-electron chi connectivity index (χ3n) is 2.51. The highest BCUT2D eigenvalue weighted by Crippen LogP contribution is 2.20. The highest BCUT2D eigenvalue weighted by molar-refractivity contribution is 5.56. The van der Waals surface area contributed by atoms with Crippen LogP contribution < -0.4 is 5.32 Å². The van der Waals surface area contributed by atoms with E-state index in [0.29, 0.717) is 11.7 Å². The van der Waals surface area contributed by atoms with Crippen LogP contribution in [0.2, 0.25) is 0 Å². The molecule has 0 aliphatic rings. The molecule has 0 unspecified atom stereocenters. The van der Waals surface area contributed by atoms with Crippen LogP contribution in [0.5, 0.6) is 0 Å². The monoisotopic (exact) mass is 228 g/mol. The van der Waals surface area contributed by atoms with Crippen molar-refractivity contribution in [2.24, 2.45) is 0 Å². The molecule has 0 radical (unpaired) electrons. The van der Waals surface area contributed by atoms with Crippen LogP contribution in [0.25, 0.3) is 11.4 Å². The van der Waals surface area contributed by atoms with Gasteiger partial charge in [-0.15, -0.1) is 0 Å². The fraction of sp³-hybridized carbons (Fsp3) is 0.308. The van der Waals surface area contributed by atoms with Crippen LogP contribution >= 0.6 is 0 Å². The number of hydrogen-bond donors (Lipinski definition) is 1. The van der Waals surface area contributed by atoms with Crippen molar-refractivity contribution in [2.45, 2.75) is 19.8 Å². The van der Waals surface area contributed by atoms with Crippen molar-refractivity contribution in [3.05, 3.63) is 36.3 Å².